The fraction of sp³-hybridized carbons (Fsp3) is 0.500. The molecule has 3 heteroatoms. The van der Waals surface area contributed by atoms with Gasteiger partial charge >= 0.3 is 0 Å². The normalized spacial score (nSPS) is 12.8. The molecule has 0 fully saturated rings. The van der Waals surface area contributed by atoms with Crippen molar-refractivity contribution in [1.29, 1.82) is 0 Å². The summed E-state index contributed by atoms with van der Waals surface area (Å²) in [7, 11) is 0. The van der Waals surface area contributed by atoms with Gasteiger partial charge in [-0.3, -0.25) is 0 Å². The first-order valence-electron chi connectivity index (χ1n) is 7.92. The van der Waals surface area contributed by atoms with Crippen molar-refractivity contribution >= 4 is 0 Å². The fourth-order valence-corrected chi connectivity index (χ4v) is 2.57. The fourth-order valence-electron chi connectivity index (χ4n) is 2.57. The minimum Gasteiger partial charge on any atom is -0.334 e. The van der Waals surface area contributed by atoms with E-state index >= 15 is 0 Å². The second-order valence-corrected chi connectivity index (χ2v) is 6.07. The summed E-state index contributed by atoms with van der Waals surface area (Å²) >= 11 is 0. The first-order valence-corrected chi connectivity index (χ1v) is 7.92. The highest BCUT2D eigenvalue weighted by atomic mass is 15.1. The molecule has 21 heavy (non-hydrogen) atoms. The van der Waals surface area contributed by atoms with Gasteiger partial charge in [0.2, 0.25) is 0 Å². The number of nitrogens with zero attached hydrogens (tertiary/aromatic N) is 2. The topological polar surface area (TPSA) is 29.9 Å². The molecule has 0 saturated heterocycles. The lowest BCUT2D eigenvalue weighted by Gasteiger charge is -2.15. The number of hydrogen-bond donors (Lipinski definition) is 1. The van der Waals surface area contributed by atoms with Crippen LogP contribution < -0.4 is 5.32 Å². The van der Waals surface area contributed by atoms with Gasteiger partial charge in [0.05, 0.1) is 6.54 Å². The van der Waals surface area contributed by atoms with Crippen molar-refractivity contribution in [1.82, 2.24) is 14.9 Å². The SMILES string of the molecule is CCn1ccnc1CNC(C)c1ccc(CC(C)C)cc1. The molecule has 0 bridgehead atoms. The standard InChI is InChI=1S/C18H27N3/c1-5-21-11-10-19-18(21)13-20-15(4)17-8-6-16(7-9-17)12-14(2)3/h6-11,14-15,20H,5,12-13H2,1-4H3. The Kier molecular flexibility index (Phi) is 5.57. The van der Waals surface area contributed by atoms with Gasteiger partial charge in [0.1, 0.15) is 5.82 Å². The monoisotopic (exact) mass is 285 g/mol. The average Bonchev–Trinajstić information content (AvgIpc) is 2.92. The molecule has 2 rings (SSSR count). The Morgan fingerprint density at radius 2 is 1.86 bits per heavy atom. The quantitative estimate of drug-likeness (QED) is 0.834. The molecule has 1 N–H and O–H groups in total. The number of rotatable bonds is 7. The van der Waals surface area contributed by atoms with Gasteiger partial charge < -0.3 is 9.88 Å². The average molecular weight is 285 g/mol. The summed E-state index contributed by atoms with van der Waals surface area (Å²) < 4.78 is 2.17. The summed E-state index contributed by atoms with van der Waals surface area (Å²) in [5, 5.41) is 3.55. The summed E-state index contributed by atoms with van der Waals surface area (Å²) in [5.74, 6) is 1.81. The lowest BCUT2D eigenvalue weighted by atomic mass is 10.00. The van der Waals surface area contributed by atoms with Gasteiger partial charge in [-0.2, -0.15) is 0 Å². The van der Waals surface area contributed by atoms with Crippen LogP contribution >= 0.6 is 0 Å². The molecule has 1 unspecified atom stereocenters. The molecule has 0 radical (unpaired) electrons. The highest BCUT2D eigenvalue weighted by Crippen LogP contribution is 2.16. The lowest BCUT2D eigenvalue weighted by Crippen LogP contribution is -2.20. The lowest BCUT2D eigenvalue weighted by molar-refractivity contribution is 0.540. The van der Waals surface area contributed by atoms with Gasteiger partial charge in [-0.05, 0) is 37.3 Å². The van der Waals surface area contributed by atoms with Crippen LogP contribution in [-0.4, -0.2) is 9.55 Å². The molecule has 2 aromatic rings. The maximum absolute atomic E-state index is 4.40. The van der Waals surface area contributed by atoms with Crippen LogP contribution in [0.2, 0.25) is 0 Å². The van der Waals surface area contributed by atoms with Crippen molar-refractivity contribution in [3.63, 3.8) is 0 Å². The second-order valence-electron chi connectivity index (χ2n) is 6.07. The van der Waals surface area contributed by atoms with Gasteiger partial charge in [-0.15, -0.1) is 0 Å². The molecule has 1 heterocycles. The van der Waals surface area contributed by atoms with Gasteiger partial charge in [-0.1, -0.05) is 38.1 Å². The van der Waals surface area contributed by atoms with Crippen molar-refractivity contribution in [3.05, 3.63) is 53.6 Å². The third-order valence-electron chi connectivity index (χ3n) is 3.83. The van der Waals surface area contributed by atoms with Crippen molar-refractivity contribution in [2.45, 2.75) is 53.2 Å². The van der Waals surface area contributed by atoms with Crippen LogP contribution in [-0.2, 0) is 19.5 Å². The molecule has 1 atom stereocenters. The van der Waals surface area contributed by atoms with E-state index in [2.05, 4.69) is 66.8 Å². The van der Waals surface area contributed by atoms with E-state index in [-0.39, 0.29) is 0 Å². The van der Waals surface area contributed by atoms with E-state index < -0.39 is 0 Å². The molecular weight excluding hydrogens is 258 g/mol. The zero-order valence-electron chi connectivity index (χ0n) is 13.6. The number of hydrogen-bond acceptors (Lipinski definition) is 2. The highest BCUT2D eigenvalue weighted by molar-refractivity contribution is 5.25. The third-order valence-corrected chi connectivity index (χ3v) is 3.83. The van der Waals surface area contributed by atoms with Crippen molar-refractivity contribution < 1.29 is 0 Å². The van der Waals surface area contributed by atoms with Crippen LogP contribution in [0.15, 0.2) is 36.7 Å². The molecule has 0 aliphatic rings. The minimum atomic E-state index is 0.333. The molecular formula is C18H27N3. The number of aryl methyl sites for hydroxylation is 1. The molecule has 1 aromatic carbocycles. The summed E-state index contributed by atoms with van der Waals surface area (Å²) in [6.45, 7) is 10.6. The summed E-state index contributed by atoms with van der Waals surface area (Å²) in [6, 6.07) is 9.31. The van der Waals surface area contributed by atoms with E-state index in [0.717, 1.165) is 25.3 Å². The summed E-state index contributed by atoms with van der Waals surface area (Å²) in [5.41, 5.74) is 2.75. The third kappa shape index (κ3) is 4.43. The Balaban J connectivity index is 1.92. The van der Waals surface area contributed by atoms with Crippen molar-refractivity contribution in [2.24, 2.45) is 5.92 Å². The molecule has 3 nitrogen and oxygen atoms in total. The molecule has 0 aliphatic carbocycles. The first-order chi connectivity index (χ1) is 10.1. The minimum absolute atomic E-state index is 0.333. The first kappa shape index (κ1) is 15.8. The van der Waals surface area contributed by atoms with E-state index in [0.29, 0.717) is 12.0 Å². The van der Waals surface area contributed by atoms with E-state index in [4.69, 9.17) is 0 Å². The Morgan fingerprint density at radius 3 is 2.48 bits per heavy atom. The van der Waals surface area contributed by atoms with Crippen LogP contribution in [0.25, 0.3) is 0 Å². The van der Waals surface area contributed by atoms with Crippen molar-refractivity contribution in [2.75, 3.05) is 0 Å². The van der Waals surface area contributed by atoms with E-state index in [1.54, 1.807) is 0 Å². The number of nitrogens with one attached hydrogen (secondary N) is 1. The van der Waals surface area contributed by atoms with Gasteiger partial charge in [0, 0.05) is 25.0 Å². The van der Waals surface area contributed by atoms with Gasteiger partial charge in [0.25, 0.3) is 0 Å². The predicted molar refractivity (Wildman–Crippen MR) is 88.1 cm³/mol. The van der Waals surface area contributed by atoms with Crippen molar-refractivity contribution in [3.8, 4) is 0 Å². The highest BCUT2D eigenvalue weighted by Gasteiger charge is 2.07. The van der Waals surface area contributed by atoms with Crippen LogP contribution in [0.3, 0.4) is 0 Å². The summed E-state index contributed by atoms with van der Waals surface area (Å²) in [4.78, 5) is 4.40. The molecule has 0 spiro atoms. The molecule has 114 valence electrons. The molecule has 1 aromatic heterocycles. The zero-order chi connectivity index (χ0) is 15.2. The molecule has 0 aliphatic heterocycles. The van der Waals surface area contributed by atoms with E-state index in [9.17, 15) is 0 Å². The molecule has 0 amide bonds. The number of imidazole rings is 1. The van der Waals surface area contributed by atoms with Crippen LogP contribution in [0, 0.1) is 5.92 Å². The van der Waals surface area contributed by atoms with Crippen LogP contribution in [0.4, 0.5) is 0 Å². The summed E-state index contributed by atoms with van der Waals surface area (Å²) in [6.07, 6.45) is 5.05. The number of aromatic nitrogens is 2. The zero-order valence-corrected chi connectivity index (χ0v) is 13.6. The van der Waals surface area contributed by atoms with E-state index in [1.807, 2.05) is 12.4 Å². The van der Waals surface area contributed by atoms with E-state index in [1.165, 1.54) is 11.1 Å². The Labute approximate surface area is 128 Å². The Hall–Kier alpha value is -1.61. The Morgan fingerprint density at radius 1 is 1.14 bits per heavy atom. The smallest absolute Gasteiger partial charge is 0.122 e. The van der Waals surface area contributed by atoms with Crippen LogP contribution in [0.5, 0.6) is 0 Å². The largest absolute Gasteiger partial charge is 0.334 e. The Bertz CT molecular complexity index is 540. The maximum atomic E-state index is 4.40. The molecule has 0 saturated carbocycles. The predicted octanol–water partition coefficient (Wildman–Crippen LogP) is 3.95. The van der Waals surface area contributed by atoms with Gasteiger partial charge in [-0.25, -0.2) is 4.98 Å². The number of benzene rings is 1. The second kappa shape index (κ2) is 7.41. The maximum Gasteiger partial charge on any atom is 0.122 e. The van der Waals surface area contributed by atoms with Crippen LogP contribution in [0.1, 0.15) is 50.7 Å². The van der Waals surface area contributed by atoms with Gasteiger partial charge in [0.15, 0.2) is 0 Å².